The van der Waals surface area contributed by atoms with Crippen LogP contribution in [0.2, 0.25) is 0 Å². The van der Waals surface area contributed by atoms with E-state index >= 15 is 0 Å². The summed E-state index contributed by atoms with van der Waals surface area (Å²) >= 11 is 0. The van der Waals surface area contributed by atoms with E-state index in [0.29, 0.717) is 12.3 Å². The third-order valence-electron chi connectivity index (χ3n) is 3.76. The third kappa shape index (κ3) is 1.74. The summed E-state index contributed by atoms with van der Waals surface area (Å²) in [7, 11) is 0. The van der Waals surface area contributed by atoms with Gasteiger partial charge in [0.15, 0.2) is 0 Å². The molecule has 2 aliphatic rings. The molecule has 5 heteroatoms. The van der Waals surface area contributed by atoms with E-state index in [1.54, 1.807) is 0 Å². The van der Waals surface area contributed by atoms with Crippen LogP contribution in [0, 0.1) is 5.92 Å². The van der Waals surface area contributed by atoms with Crippen molar-refractivity contribution in [2.75, 3.05) is 0 Å². The van der Waals surface area contributed by atoms with Gasteiger partial charge in [-0.1, -0.05) is 0 Å². The van der Waals surface area contributed by atoms with Crippen LogP contribution >= 0.6 is 0 Å². The Morgan fingerprint density at radius 2 is 2.41 bits per heavy atom. The van der Waals surface area contributed by atoms with Crippen LogP contribution in [0.25, 0.3) is 0 Å². The highest BCUT2D eigenvalue weighted by atomic mass is 16.4. The Morgan fingerprint density at radius 3 is 3.00 bits per heavy atom. The molecule has 1 aromatic rings. The van der Waals surface area contributed by atoms with Crippen LogP contribution in [0.3, 0.4) is 0 Å². The first-order chi connectivity index (χ1) is 8.20. The first kappa shape index (κ1) is 10.8. The molecule has 1 saturated carbocycles. The minimum atomic E-state index is -0.771. The van der Waals surface area contributed by atoms with Crippen molar-refractivity contribution in [3.8, 4) is 0 Å². The van der Waals surface area contributed by atoms with Gasteiger partial charge in [0.05, 0.1) is 23.8 Å². The molecule has 0 saturated heterocycles. The van der Waals surface area contributed by atoms with Crippen LogP contribution < -0.4 is 5.32 Å². The summed E-state index contributed by atoms with van der Waals surface area (Å²) in [5.41, 5.74) is 2.18. The minimum Gasteiger partial charge on any atom is -0.480 e. The van der Waals surface area contributed by atoms with Crippen LogP contribution in [0.5, 0.6) is 0 Å². The molecule has 0 aromatic carbocycles. The lowest BCUT2D eigenvalue weighted by molar-refractivity contribution is -0.140. The van der Waals surface area contributed by atoms with Crippen molar-refractivity contribution in [1.29, 1.82) is 0 Å². The molecular formula is C12H17N3O2. The first-order valence-corrected chi connectivity index (χ1v) is 6.23. The van der Waals surface area contributed by atoms with Gasteiger partial charge in [-0.05, 0) is 25.7 Å². The number of hydrogen-bond acceptors (Lipinski definition) is 3. The second-order valence-electron chi connectivity index (χ2n) is 4.94. The molecule has 2 atom stereocenters. The average molecular weight is 235 g/mol. The molecule has 1 aliphatic heterocycles. The van der Waals surface area contributed by atoms with E-state index in [-0.39, 0.29) is 6.04 Å². The number of nitrogens with zero attached hydrogens (tertiary/aromatic N) is 2. The number of carbonyl (C=O) groups is 1. The van der Waals surface area contributed by atoms with Gasteiger partial charge >= 0.3 is 5.97 Å². The van der Waals surface area contributed by atoms with Gasteiger partial charge in [-0.3, -0.25) is 10.1 Å². The molecule has 17 heavy (non-hydrogen) atoms. The number of fused-ring (bicyclic) bond motifs is 1. The van der Waals surface area contributed by atoms with Crippen LogP contribution in [0.15, 0.2) is 6.33 Å². The lowest BCUT2D eigenvalue weighted by Crippen LogP contribution is -2.46. The number of imidazole rings is 1. The van der Waals surface area contributed by atoms with E-state index in [4.69, 9.17) is 5.11 Å². The predicted octanol–water partition coefficient (Wildman–Crippen LogP) is 0.953. The van der Waals surface area contributed by atoms with Gasteiger partial charge in [0, 0.05) is 13.0 Å². The Hall–Kier alpha value is -1.36. The summed E-state index contributed by atoms with van der Waals surface area (Å²) in [6, 6.07) is -0.296. The summed E-state index contributed by atoms with van der Waals surface area (Å²) in [6.07, 6.45) is 4.73. The Morgan fingerprint density at radius 1 is 1.65 bits per heavy atom. The molecule has 1 aromatic heterocycles. The molecular weight excluding hydrogens is 218 g/mol. The van der Waals surface area contributed by atoms with Crippen molar-refractivity contribution in [3.05, 3.63) is 17.7 Å². The summed E-state index contributed by atoms with van der Waals surface area (Å²) in [6.45, 7) is 2.99. The summed E-state index contributed by atoms with van der Waals surface area (Å²) < 4.78 is 2.14. The van der Waals surface area contributed by atoms with E-state index in [0.717, 1.165) is 12.2 Å². The molecule has 2 heterocycles. The van der Waals surface area contributed by atoms with E-state index in [1.807, 2.05) is 6.33 Å². The largest absolute Gasteiger partial charge is 0.480 e. The van der Waals surface area contributed by atoms with Gasteiger partial charge in [-0.25, -0.2) is 4.98 Å². The van der Waals surface area contributed by atoms with Crippen molar-refractivity contribution in [2.45, 2.75) is 44.8 Å². The maximum absolute atomic E-state index is 11.1. The molecule has 2 N–H and O–H groups in total. The Balaban J connectivity index is 1.98. The van der Waals surface area contributed by atoms with Gasteiger partial charge in [-0.2, -0.15) is 0 Å². The zero-order valence-corrected chi connectivity index (χ0v) is 9.89. The summed E-state index contributed by atoms with van der Waals surface area (Å²) in [5.74, 6) is -0.176. The van der Waals surface area contributed by atoms with Crippen molar-refractivity contribution >= 4 is 5.97 Å². The predicted molar refractivity (Wildman–Crippen MR) is 61.6 cm³/mol. The fraction of sp³-hybridized carbons (Fsp3) is 0.667. The smallest absolute Gasteiger partial charge is 0.321 e. The zero-order chi connectivity index (χ0) is 12.0. The SMILES string of the molecule is CCn1cnc2c1C(C1CC1)N[C@@H](C(=O)O)C2. The fourth-order valence-electron chi connectivity index (χ4n) is 2.70. The van der Waals surface area contributed by atoms with Crippen LogP contribution in [-0.2, 0) is 17.8 Å². The maximum atomic E-state index is 11.1. The molecule has 5 nitrogen and oxygen atoms in total. The van der Waals surface area contributed by atoms with E-state index in [1.165, 1.54) is 18.5 Å². The van der Waals surface area contributed by atoms with Gasteiger partial charge in [-0.15, -0.1) is 0 Å². The molecule has 0 radical (unpaired) electrons. The summed E-state index contributed by atoms with van der Waals surface area (Å²) in [4.78, 5) is 15.5. The number of aromatic nitrogens is 2. The van der Waals surface area contributed by atoms with Crippen LogP contribution in [0.1, 0.15) is 37.2 Å². The monoisotopic (exact) mass is 235 g/mol. The molecule has 3 rings (SSSR count). The van der Waals surface area contributed by atoms with Crippen molar-refractivity contribution in [1.82, 2.24) is 14.9 Å². The highest BCUT2D eigenvalue weighted by Crippen LogP contribution is 2.43. The quantitative estimate of drug-likeness (QED) is 0.818. The molecule has 0 bridgehead atoms. The number of carboxylic acid groups (broad SMARTS) is 1. The molecule has 0 spiro atoms. The average Bonchev–Trinajstić information content (AvgIpc) is 3.07. The number of aliphatic carboxylic acids is 1. The third-order valence-corrected chi connectivity index (χ3v) is 3.76. The van der Waals surface area contributed by atoms with Crippen molar-refractivity contribution < 1.29 is 9.90 Å². The normalized spacial score (nSPS) is 27.8. The lowest BCUT2D eigenvalue weighted by atomic mass is 9.96. The second-order valence-corrected chi connectivity index (χ2v) is 4.94. The number of carboxylic acids is 1. The topological polar surface area (TPSA) is 67.2 Å². The van der Waals surface area contributed by atoms with Gasteiger partial charge in [0.25, 0.3) is 0 Å². The van der Waals surface area contributed by atoms with Crippen molar-refractivity contribution in [2.24, 2.45) is 5.92 Å². The second kappa shape index (κ2) is 3.84. The van der Waals surface area contributed by atoms with Crippen LogP contribution in [0.4, 0.5) is 0 Å². The van der Waals surface area contributed by atoms with E-state index in [2.05, 4.69) is 21.8 Å². The Labute approximate surface area is 99.8 Å². The highest BCUT2D eigenvalue weighted by molar-refractivity contribution is 5.74. The number of rotatable bonds is 3. The van der Waals surface area contributed by atoms with Crippen molar-refractivity contribution in [3.63, 3.8) is 0 Å². The van der Waals surface area contributed by atoms with Gasteiger partial charge in [0.1, 0.15) is 6.04 Å². The standard InChI is InChI=1S/C12H17N3O2/c1-2-15-6-13-8-5-9(12(16)17)14-10(11(8)15)7-3-4-7/h6-7,9-10,14H,2-5H2,1H3,(H,16,17)/t9-,10?/m1/s1. The fourth-order valence-corrected chi connectivity index (χ4v) is 2.70. The van der Waals surface area contributed by atoms with Gasteiger partial charge in [0.2, 0.25) is 0 Å². The summed E-state index contributed by atoms with van der Waals surface area (Å²) in [5, 5.41) is 12.4. The molecule has 1 unspecified atom stereocenters. The number of nitrogens with one attached hydrogen (secondary N) is 1. The molecule has 1 aliphatic carbocycles. The first-order valence-electron chi connectivity index (χ1n) is 6.23. The maximum Gasteiger partial charge on any atom is 0.321 e. The molecule has 0 amide bonds. The molecule has 1 fully saturated rings. The van der Waals surface area contributed by atoms with Crippen LogP contribution in [-0.4, -0.2) is 26.7 Å². The highest BCUT2D eigenvalue weighted by Gasteiger charge is 2.41. The minimum absolute atomic E-state index is 0.183. The lowest BCUT2D eigenvalue weighted by Gasteiger charge is -2.29. The Kier molecular flexibility index (Phi) is 2.43. The van der Waals surface area contributed by atoms with E-state index in [9.17, 15) is 4.79 Å². The number of aryl methyl sites for hydroxylation is 1. The van der Waals surface area contributed by atoms with Gasteiger partial charge < -0.3 is 9.67 Å². The number of hydrogen-bond donors (Lipinski definition) is 2. The molecule has 92 valence electrons. The Bertz CT molecular complexity index is 451. The zero-order valence-electron chi connectivity index (χ0n) is 9.89. The van der Waals surface area contributed by atoms with E-state index < -0.39 is 12.0 Å².